The summed E-state index contributed by atoms with van der Waals surface area (Å²) in [5, 5.41) is 8.84. The minimum absolute atomic E-state index is 0.0546. The van der Waals surface area contributed by atoms with Crippen molar-refractivity contribution < 1.29 is 18.3 Å². The molecule has 0 unspecified atom stereocenters. The van der Waals surface area contributed by atoms with E-state index in [9.17, 15) is 13.2 Å². The van der Waals surface area contributed by atoms with E-state index in [1.165, 1.54) is 36.5 Å². The maximum atomic E-state index is 12.3. The zero-order valence-corrected chi connectivity index (χ0v) is 13.4. The highest BCUT2D eigenvalue weighted by atomic mass is 79.9. The van der Waals surface area contributed by atoms with Crippen LogP contribution in [-0.2, 0) is 10.0 Å². The number of para-hydroxylation sites is 1. The molecule has 21 heavy (non-hydrogen) atoms. The molecular formula is C12H8BrClN2O4S. The lowest BCUT2D eigenvalue weighted by Crippen LogP contribution is -2.16. The number of anilines is 1. The van der Waals surface area contributed by atoms with E-state index in [0.717, 1.165) is 0 Å². The average molecular weight is 392 g/mol. The van der Waals surface area contributed by atoms with Gasteiger partial charge in [0.15, 0.2) is 0 Å². The first-order valence-corrected chi connectivity index (χ1v) is 8.13. The molecule has 0 aliphatic rings. The topological polar surface area (TPSA) is 96.4 Å². The molecule has 1 heterocycles. The first-order valence-electron chi connectivity index (χ1n) is 5.47. The molecule has 2 rings (SSSR count). The molecular weight excluding hydrogens is 384 g/mol. The van der Waals surface area contributed by atoms with Gasteiger partial charge in [-0.15, -0.1) is 0 Å². The van der Waals surface area contributed by atoms with Gasteiger partial charge in [0.05, 0.1) is 11.3 Å². The number of aromatic nitrogens is 1. The number of carboxylic acids is 1. The number of pyridine rings is 1. The van der Waals surface area contributed by atoms with Crippen molar-refractivity contribution in [1.82, 2.24) is 4.98 Å². The molecule has 0 aliphatic heterocycles. The molecule has 2 N–H and O–H groups in total. The van der Waals surface area contributed by atoms with Crippen LogP contribution in [0.15, 0.2) is 45.9 Å². The molecule has 0 saturated carbocycles. The lowest BCUT2D eigenvalue weighted by molar-refractivity contribution is 0.0698. The Morgan fingerprint density at radius 2 is 2.00 bits per heavy atom. The summed E-state index contributed by atoms with van der Waals surface area (Å²) in [6.07, 6.45) is 1.35. The van der Waals surface area contributed by atoms with Crippen LogP contribution in [-0.4, -0.2) is 24.5 Å². The smallest absolute Gasteiger partial charge is 0.337 e. The standard InChI is InChI=1S/C12H8BrClN2O4S/c13-7-5-10(11(14)15-6-7)21(19,20)16-9-4-2-1-3-8(9)12(17)18/h1-6,16H,(H,17,18). The van der Waals surface area contributed by atoms with Crippen molar-refractivity contribution in [2.24, 2.45) is 0 Å². The Morgan fingerprint density at radius 1 is 1.33 bits per heavy atom. The highest BCUT2D eigenvalue weighted by Crippen LogP contribution is 2.26. The van der Waals surface area contributed by atoms with Crippen molar-refractivity contribution in [3.05, 3.63) is 51.7 Å². The number of aromatic carboxylic acids is 1. The normalized spacial score (nSPS) is 11.1. The van der Waals surface area contributed by atoms with Gasteiger partial charge in [0.2, 0.25) is 0 Å². The van der Waals surface area contributed by atoms with Crippen molar-refractivity contribution in [3.63, 3.8) is 0 Å². The summed E-state index contributed by atoms with van der Waals surface area (Å²) in [5.74, 6) is -1.24. The third-order valence-corrected chi connectivity index (χ3v) is 4.69. The molecule has 1 aromatic carbocycles. The molecule has 2 aromatic rings. The van der Waals surface area contributed by atoms with Gasteiger partial charge >= 0.3 is 5.97 Å². The highest BCUT2D eigenvalue weighted by molar-refractivity contribution is 9.10. The summed E-state index contributed by atoms with van der Waals surface area (Å²) in [4.78, 5) is 14.6. The van der Waals surface area contributed by atoms with Crippen LogP contribution in [0.1, 0.15) is 10.4 Å². The Balaban J connectivity index is 2.48. The van der Waals surface area contributed by atoms with Gasteiger partial charge in [0.25, 0.3) is 10.0 Å². The summed E-state index contributed by atoms with van der Waals surface area (Å²) < 4.78 is 27.2. The number of hydrogen-bond donors (Lipinski definition) is 2. The number of halogens is 2. The van der Waals surface area contributed by atoms with Crippen LogP contribution >= 0.6 is 27.5 Å². The third kappa shape index (κ3) is 3.52. The largest absolute Gasteiger partial charge is 0.478 e. The maximum Gasteiger partial charge on any atom is 0.337 e. The van der Waals surface area contributed by atoms with Crippen molar-refractivity contribution in [3.8, 4) is 0 Å². The Morgan fingerprint density at radius 3 is 2.67 bits per heavy atom. The zero-order chi connectivity index (χ0) is 15.6. The number of carbonyl (C=O) groups is 1. The van der Waals surface area contributed by atoms with Gasteiger partial charge in [0, 0.05) is 10.7 Å². The molecule has 0 atom stereocenters. The number of carboxylic acid groups (broad SMARTS) is 1. The quantitative estimate of drug-likeness (QED) is 0.781. The number of benzene rings is 1. The lowest BCUT2D eigenvalue weighted by Gasteiger charge is -2.11. The van der Waals surface area contributed by atoms with Crippen LogP contribution in [0.4, 0.5) is 5.69 Å². The molecule has 0 spiro atoms. The van der Waals surface area contributed by atoms with Crippen molar-refractivity contribution in [2.45, 2.75) is 4.90 Å². The van der Waals surface area contributed by atoms with E-state index in [2.05, 4.69) is 25.6 Å². The molecule has 6 nitrogen and oxygen atoms in total. The van der Waals surface area contributed by atoms with Gasteiger partial charge in [-0.1, -0.05) is 23.7 Å². The third-order valence-electron chi connectivity index (χ3n) is 2.46. The van der Waals surface area contributed by atoms with Gasteiger partial charge in [0.1, 0.15) is 10.0 Å². The van der Waals surface area contributed by atoms with Crippen LogP contribution in [0.2, 0.25) is 5.15 Å². The number of rotatable bonds is 4. The van der Waals surface area contributed by atoms with Crippen LogP contribution in [0, 0.1) is 0 Å². The molecule has 0 fully saturated rings. The van der Waals surface area contributed by atoms with Gasteiger partial charge in [-0.3, -0.25) is 4.72 Å². The van der Waals surface area contributed by atoms with Gasteiger partial charge in [-0.2, -0.15) is 0 Å². The monoisotopic (exact) mass is 390 g/mol. The van der Waals surface area contributed by atoms with E-state index in [4.69, 9.17) is 16.7 Å². The second-order valence-electron chi connectivity index (χ2n) is 3.90. The fraction of sp³-hybridized carbons (Fsp3) is 0. The van der Waals surface area contributed by atoms with E-state index in [-0.39, 0.29) is 21.3 Å². The highest BCUT2D eigenvalue weighted by Gasteiger charge is 2.22. The minimum Gasteiger partial charge on any atom is -0.478 e. The predicted molar refractivity (Wildman–Crippen MR) is 81.2 cm³/mol. The van der Waals surface area contributed by atoms with Gasteiger partial charge in [-0.25, -0.2) is 18.2 Å². The van der Waals surface area contributed by atoms with E-state index >= 15 is 0 Å². The van der Waals surface area contributed by atoms with Crippen LogP contribution in [0.3, 0.4) is 0 Å². The van der Waals surface area contributed by atoms with E-state index in [1.807, 2.05) is 0 Å². The van der Waals surface area contributed by atoms with Crippen molar-refractivity contribution in [1.29, 1.82) is 0 Å². The van der Waals surface area contributed by atoms with E-state index < -0.39 is 16.0 Å². The van der Waals surface area contributed by atoms with Crippen molar-refractivity contribution >= 4 is 49.2 Å². The number of nitrogens with zero attached hydrogens (tertiary/aromatic N) is 1. The van der Waals surface area contributed by atoms with E-state index in [1.54, 1.807) is 0 Å². The molecule has 0 aliphatic carbocycles. The Labute approximate surface area is 134 Å². The number of nitrogens with one attached hydrogen (secondary N) is 1. The Hall–Kier alpha value is -1.64. The van der Waals surface area contributed by atoms with E-state index in [0.29, 0.717) is 4.47 Å². The fourth-order valence-corrected chi connectivity index (χ4v) is 3.58. The Kier molecular flexibility index (Phi) is 4.50. The number of sulfonamides is 1. The van der Waals surface area contributed by atoms with Crippen LogP contribution < -0.4 is 4.72 Å². The molecule has 0 bridgehead atoms. The molecule has 1 aromatic heterocycles. The molecule has 0 amide bonds. The first-order chi connectivity index (χ1) is 9.81. The first kappa shape index (κ1) is 15.7. The minimum atomic E-state index is -4.06. The second kappa shape index (κ2) is 6.00. The fourth-order valence-electron chi connectivity index (χ4n) is 1.55. The molecule has 110 valence electrons. The lowest BCUT2D eigenvalue weighted by atomic mass is 10.2. The van der Waals surface area contributed by atoms with Crippen LogP contribution in [0.5, 0.6) is 0 Å². The summed E-state index contributed by atoms with van der Waals surface area (Å²) in [6, 6.07) is 6.93. The number of hydrogen-bond acceptors (Lipinski definition) is 4. The van der Waals surface area contributed by atoms with Gasteiger partial charge < -0.3 is 5.11 Å². The van der Waals surface area contributed by atoms with Crippen LogP contribution in [0.25, 0.3) is 0 Å². The Bertz CT molecular complexity index is 811. The molecule has 9 heteroatoms. The summed E-state index contributed by atoms with van der Waals surface area (Å²) >= 11 is 8.89. The molecule has 0 radical (unpaired) electrons. The molecule has 0 saturated heterocycles. The summed E-state index contributed by atoms with van der Waals surface area (Å²) in [7, 11) is -4.06. The van der Waals surface area contributed by atoms with Gasteiger partial charge in [-0.05, 0) is 34.1 Å². The van der Waals surface area contributed by atoms with Crippen molar-refractivity contribution in [2.75, 3.05) is 4.72 Å². The second-order valence-corrected chi connectivity index (χ2v) is 6.82. The SMILES string of the molecule is O=C(O)c1ccccc1NS(=O)(=O)c1cc(Br)cnc1Cl. The summed E-state index contributed by atoms with van der Waals surface area (Å²) in [5.41, 5.74) is -0.221. The summed E-state index contributed by atoms with van der Waals surface area (Å²) in [6.45, 7) is 0. The zero-order valence-electron chi connectivity index (χ0n) is 10.2. The average Bonchev–Trinajstić information content (AvgIpc) is 2.41. The maximum absolute atomic E-state index is 12.3. The predicted octanol–water partition coefficient (Wildman–Crippen LogP) is 3.00.